The van der Waals surface area contributed by atoms with Gasteiger partial charge in [-0.15, -0.1) is 10.2 Å². The predicted octanol–water partition coefficient (Wildman–Crippen LogP) is 6.73. The summed E-state index contributed by atoms with van der Waals surface area (Å²) >= 11 is 0. The number of nitrogens with zero attached hydrogens (tertiary/aromatic N) is 4. The molecule has 0 saturated carbocycles. The third-order valence-electron chi connectivity index (χ3n) is 6.83. The van der Waals surface area contributed by atoms with Crippen LogP contribution in [0.2, 0.25) is 0 Å². The number of carbonyl (C=O) groups excluding carboxylic acids is 1. The highest BCUT2D eigenvalue weighted by atomic mass is 19.4. The van der Waals surface area contributed by atoms with Gasteiger partial charge < -0.3 is 15.1 Å². The second-order valence-electron chi connectivity index (χ2n) is 9.24. The van der Waals surface area contributed by atoms with Gasteiger partial charge in [0.1, 0.15) is 17.3 Å². The molecular weight excluding hydrogens is 517 g/mol. The molecule has 0 bridgehead atoms. The Bertz CT molecular complexity index is 1510. The third-order valence-corrected chi connectivity index (χ3v) is 6.83. The van der Waals surface area contributed by atoms with Crippen molar-refractivity contribution in [3.8, 4) is 11.3 Å². The van der Waals surface area contributed by atoms with Gasteiger partial charge in [0.25, 0.3) is 0 Å². The van der Waals surface area contributed by atoms with Gasteiger partial charge in [0, 0.05) is 36.0 Å². The van der Waals surface area contributed by atoms with Crippen molar-refractivity contribution in [2.45, 2.75) is 25.6 Å². The molecule has 11 heteroatoms. The molecule has 1 unspecified atom stereocenters. The van der Waals surface area contributed by atoms with Gasteiger partial charge in [-0.3, -0.25) is 0 Å². The molecule has 1 saturated heterocycles. The van der Waals surface area contributed by atoms with Gasteiger partial charge in [-0.1, -0.05) is 31.2 Å². The average molecular weight is 542 g/mol. The topological polar surface area (TPSA) is 61.4 Å². The number of nitrogens with one attached hydrogen (secondary N) is 1. The van der Waals surface area contributed by atoms with Gasteiger partial charge in [-0.25, -0.2) is 13.6 Å². The molecule has 0 aliphatic carbocycles. The van der Waals surface area contributed by atoms with E-state index in [1.54, 1.807) is 12.1 Å². The summed E-state index contributed by atoms with van der Waals surface area (Å²) in [5.41, 5.74) is -0.414. The highest BCUT2D eigenvalue weighted by Gasteiger charge is 2.36. The van der Waals surface area contributed by atoms with E-state index in [1.807, 2.05) is 36.1 Å². The van der Waals surface area contributed by atoms with Gasteiger partial charge in [-0.05, 0) is 48.9 Å². The number of halogens is 5. The summed E-state index contributed by atoms with van der Waals surface area (Å²) in [5.74, 6) is -0.777. The lowest BCUT2D eigenvalue weighted by molar-refractivity contribution is -0.137. The molecule has 6 nitrogen and oxygen atoms in total. The number of rotatable bonds is 4. The Labute approximate surface area is 221 Å². The minimum atomic E-state index is -4.83. The fraction of sp³-hybridized carbons (Fsp3) is 0.250. The van der Waals surface area contributed by atoms with E-state index in [0.717, 1.165) is 28.5 Å². The molecule has 5 rings (SSSR count). The van der Waals surface area contributed by atoms with Crippen molar-refractivity contribution in [1.82, 2.24) is 15.1 Å². The highest BCUT2D eigenvalue weighted by molar-refractivity contribution is 6.00. The number of hydrogen-bond acceptors (Lipinski definition) is 4. The Morgan fingerprint density at radius 2 is 1.64 bits per heavy atom. The van der Waals surface area contributed by atoms with Crippen molar-refractivity contribution in [1.29, 1.82) is 0 Å². The number of amides is 2. The zero-order valence-electron chi connectivity index (χ0n) is 20.8. The van der Waals surface area contributed by atoms with Crippen LogP contribution in [-0.4, -0.2) is 46.8 Å². The van der Waals surface area contributed by atoms with Gasteiger partial charge in [0.15, 0.2) is 5.82 Å². The number of carbonyl (C=O) groups is 1. The first-order chi connectivity index (χ1) is 18.7. The minimum absolute atomic E-state index is 0.225. The second kappa shape index (κ2) is 10.5. The van der Waals surface area contributed by atoms with Crippen LogP contribution in [0.1, 0.15) is 18.9 Å². The Morgan fingerprint density at radius 3 is 2.33 bits per heavy atom. The SMILES string of the molecule is CCC1CN(c2nnc(-c3ccc(F)cc3)c3ccccc23)CCN1C(=O)Nc1ccc(F)cc1C(F)(F)F. The van der Waals surface area contributed by atoms with Crippen LogP contribution < -0.4 is 10.2 Å². The van der Waals surface area contributed by atoms with Crippen LogP contribution >= 0.6 is 0 Å². The molecule has 1 aliphatic heterocycles. The molecule has 1 fully saturated rings. The van der Waals surface area contributed by atoms with E-state index in [2.05, 4.69) is 15.5 Å². The van der Waals surface area contributed by atoms with Crippen LogP contribution in [0, 0.1) is 11.6 Å². The maximum atomic E-state index is 13.5. The first kappa shape index (κ1) is 26.3. The molecule has 2 heterocycles. The lowest BCUT2D eigenvalue weighted by Crippen LogP contribution is -2.56. The lowest BCUT2D eigenvalue weighted by atomic mass is 10.0. The first-order valence-electron chi connectivity index (χ1n) is 12.4. The third kappa shape index (κ3) is 5.34. The summed E-state index contributed by atoms with van der Waals surface area (Å²) in [6.07, 6.45) is -4.29. The average Bonchev–Trinajstić information content (AvgIpc) is 2.93. The Balaban J connectivity index is 1.39. The number of hydrogen-bond donors (Lipinski definition) is 1. The fourth-order valence-corrected chi connectivity index (χ4v) is 4.86. The fourth-order valence-electron chi connectivity index (χ4n) is 4.86. The Hall–Kier alpha value is -4.28. The van der Waals surface area contributed by atoms with E-state index in [0.29, 0.717) is 37.1 Å². The molecule has 1 aliphatic rings. The molecule has 1 aromatic heterocycles. The molecule has 0 spiro atoms. The minimum Gasteiger partial charge on any atom is -0.351 e. The maximum absolute atomic E-state index is 13.5. The summed E-state index contributed by atoms with van der Waals surface area (Å²) in [5, 5.41) is 12.9. The standard InChI is InChI=1S/C28H24F5N5O/c1-2-20-16-37(13-14-38(20)27(39)34-24-12-11-19(30)15-23(24)28(31,32)33)26-22-6-4-3-5-21(22)25(35-36-26)17-7-9-18(29)10-8-17/h3-12,15,20H,2,13-14,16H2,1H3,(H,34,39). The number of anilines is 2. The van der Waals surface area contributed by atoms with Crippen molar-refractivity contribution in [2.24, 2.45) is 0 Å². The summed E-state index contributed by atoms with van der Waals surface area (Å²) in [6.45, 7) is 2.86. The molecule has 1 N–H and O–H groups in total. The first-order valence-corrected chi connectivity index (χ1v) is 12.4. The summed E-state index contributed by atoms with van der Waals surface area (Å²) in [4.78, 5) is 16.6. The number of alkyl halides is 3. The zero-order chi connectivity index (χ0) is 27.7. The molecule has 1 atom stereocenters. The molecule has 3 aromatic carbocycles. The van der Waals surface area contributed by atoms with Crippen LogP contribution in [0.3, 0.4) is 0 Å². The van der Waals surface area contributed by atoms with Gasteiger partial charge >= 0.3 is 12.2 Å². The van der Waals surface area contributed by atoms with Crippen LogP contribution in [0.25, 0.3) is 22.0 Å². The number of benzene rings is 3. The van der Waals surface area contributed by atoms with Gasteiger partial charge in [0.2, 0.25) is 0 Å². The predicted molar refractivity (Wildman–Crippen MR) is 138 cm³/mol. The van der Waals surface area contributed by atoms with Crippen LogP contribution in [0.4, 0.5) is 38.3 Å². The molecular formula is C28H24F5N5O. The molecule has 202 valence electrons. The quantitative estimate of drug-likeness (QED) is 0.291. The largest absolute Gasteiger partial charge is 0.418 e. The van der Waals surface area contributed by atoms with E-state index in [4.69, 9.17) is 0 Å². The number of fused-ring (bicyclic) bond motifs is 1. The lowest BCUT2D eigenvalue weighted by Gasteiger charge is -2.41. The maximum Gasteiger partial charge on any atom is 0.418 e. The van der Waals surface area contributed by atoms with Crippen molar-refractivity contribution in [3.05, 3.63) is 83.9 Å². The molecule has 39 heavy (non-hydrogen) atoms. The van der Waals surface area contributed by atoms with E-state index in [1.165, 1.54) is 17.0 Å². The highest BCUT2D eigenvalue weighted by Crippen LogP contribution is 2.36. The number of aromatic nitrogens is 2. The monoisotopic (exact) mass is 541 g/mol. The van der Waals surface area contributed by atoms with E-state index >= 15 is 0 Å². The molecule has 0 radical (unpaired) electrons. The van der Waals surface area contributed by atoms with Gasteiger partial charge in [0.05, 0.1) is 17.3 Å². The van der Waals surface area contributed by atoms with Crippen molar-refractivity contribution >= 4 is 28.3 Å². The van der Waals surface area contributed by atoms with Crippen LogP contribution in [0.15, 0.2) is 66.7 Å². The van der Waals surface area contributed by atoms with Crippen LogP contribution in [0.5, 0.6) is 0 Å². The number of urea groups is 1. The van der Waals surface area contributed by atoms with Crippen molar-refractivity contribution in [3.63, 3.8) is 0 Å². The number of piperazine rings is 1. The Morgan fingerprint density at radius 1 is 0.949 bits per heavy atom. The van der Waals surface area contributed by atoms with Gasteiger partial charge in [-0.2, -0.15) is 13.2 Å². The zero-order valence-corrected chi connectivity index (χ0v) is 20.8. The van der Waals surface area contributed by atoms with E-state index in [-0.39, 0.29) is 18.4 Å². The molecule has 4 aromatic rings. The smallest absolute Gasteiger partial charge is 0.351 e. The summed E-state index contributed by atoms with van der Waals surface area (Å²) in [6, 6.07) is 14.7. The van der Waals surface area contributed by atoms with Crippen molar-refractivity contribution in [2.75, 3.05) is 29.9 Å². The second-order valence-corrected chi connectivity index (χ2v) is 9.24. The van der Waals surface area contributed by atoms with E-state index in [9.17, 15) is 26.7 Å². The Kier molecular flexibility index (Phi) is 7.07. The van der Waals surface area contributed by atoms with E-state index < -0.39 is 29.3 Å². The summed E-state index contributed by atoms with van der Waals surface area (Å²) in [7, 11) is 0. The molecule has 2 amide bonds. The normalized spacial score (nSPS) is 16.0. The van der Waals surface area contributed by atoms with Crippen LogP contribution in [-0.2, 0) is 6.18 Å². The van der Waals surface area contributed by atoms with Crippen molar-refractivity contribution < 1.29 is 26.7 Å². The summed E-state index contributed by atoms with van der Waals surface area (Å²) < 4.78 is 67.2.